The molecule has 31 heavy (non-hydrogen) atoms. The second-order valence-electron chi connectivity index (χ2n) is 7.07. The molecule has 0 aliphatic rings. The first-order chi connectivity index (χ1) is 15.2. The first kappa shape index (κ1) is 20.2. The summed E-state index contributed by atoms with van der Waals surface area (Å²) in [5, 5.41) is 7.35. The standard InChI is InChI=1S/C26H23N3O2/c1-3-26(30)29-21-8-5-7-19(15-21)20-10-11-24-23(16-20)25(12-13-27-24)28-17-18-6-4-9-22(14-18)31-2/h3-16H,1,17H2,2H3,(H,27,28)(H,29,30). The van der Waals surface area contributed by atoms with Gasteiger partial charge in [-0.25, -0.2) is 0 Å². The van der Waals surface area contributed by atoms with E-state index in [9.17, 15) is 4.79 Å². The molecule has 154 valence electrons. The molecule has 0 bridgehead atoms. The first-order valence-corrected chi connectivity index (χ1v) is 9.96. The molecule has 0 unspecified atom stereocenters. The average molecular weight is 409 g/mol. The molecule has 0 spiro atoms. The summed E-state index contributed by atoms with van der Waals surface area (Å²) in [6.07, 6.45) is 3.07. The van der Waals surface area contributed by atoms with Gasteiger partial charge < -0.3 is 15.4 Å². The average Bonchev–Trinajstić information content (AvgIpc) is 2.82. The Hall–Kier alpha value is -4.12. The Kier molecular flexibility index (Phi) is 5.94. The fourth-order valence-electron chi connectivity index (χ4n) is 3.43. The van der Waals surface area contributed by atoms with Crippen LogP contribution in [0.25, 0.3) is 22.0 Å². The minimum atomic E-state index is -0.233. The number of methoxy groups -OCH3 is 1. The van der Waals surface area contributed by atoms with Crippen molar-refractivity contribution in [3.63, 3.8) is 0 Å². The highest BCUT2D eigenvalue weighted by atomic mass is 16.5. The van der Waals surface area contributed by atoms with Crippen LogP contribution in [0.4, 0.5) is 11.4 Å². The molecule has 3 aromatic carbocycles. The van der Waals surface area contributed by atoms with Crippen molar-refractivity contribution < 1.29 is 9.53 Å². The highest BCUT2D eigenvalue weighted by Crippen LogP contribution is 2.29. The number of nitrogens with one attached hydrogen (secondary N) is 2. The summed E-state index contributed by atoms with van der Waals surface area (Å²) in [4.78, 5) is 16.1. The van der Waals surface area contributed by atoms with Crippen molar-refractivity contribution in [2.24, 2.45) is 0 Å². The Morgan fingerprint density at radius 2 is 1.87 bits per heavy atom. The molecule has 1 amide bonds. The van der Waals surface area contributed by atoms with Gasteiger partial charge in [0.2, 0.25) is 5.91 Å². The molecule has 5 nitrogen and oxygen atoms in total. The van der Waals surface area contributed by atoms with E-state index in [-0.39, 0.29) is 5.91 Å². The predicted octanol–water partition coefficient (Wildman–Crippen LogP) is 5.65. The minimum Gasteiger partial charge on any atom is -0.497 e. The van der Waals surface area contributed by atoms with E-state index in [0.29, 0.717) is 6.54 Å². The number of pyridine rings is 1. The van der Waals surface area contributed by atoms with E-state index in [0.717, 1.165) is 44.7 Å². The molecule has 0 saturated carbocycles. The topological polar surface area (TPSA) is 63.2 Å². The van der Waals surface area contributed by atoms with Crippen molar-refractivity contribution in [2.75, 3.05) is 17.7 Å². The van der Waals surface area contributed by atoms with E-state index in [1.54, 1.807) is 13.3 Å². The molecule has 0 aliphatic carbocycles. The Labute approximate surface area is 181 Å². The minimum absolute atomic E-state index is 0.233. The van der Waals surface area contributed by atoms with Crippen LogP contribution >= 0.6 is 0 Å². The SMILES string of the molecule is C=CC(=O)Nc1cccc(-c2ccc3nccc(NCc4cccc(OC)c4)c3c2)c1. The lowest BCUT2D eigenvalue weighted by Gasteiger charge is -2.12. The van der Waals surface area contributed by atoms with Crippen LogP contribution in [0.1, 0.15) is 5.56 Å². The molecule has 0 radical (unpaired) electrons. The first-order valence-electron chi connectivity index (χ1n) is 9.96. The van der Waals surface area contributed by atoms with Crippen LogP contribution in [0.2, 0.25) is 0 Å². The summed E-state index contributed by atoms with van der Waals surface area (Å²) >= 11 is 0. The summed E-state index contributed by atoms with van der Waals surface area (Å²) in [5.41, 5.74) is 5.82. The molecule has 4 aromatic rings. The van der Waals surface area contributed by atoms with E-state index in [4.69, 9.17) is 4.74 Å². The van der Waals surface area contributed by atoms with Crippen LogP contribution in [0.15, 0.2) is 91.6 Å². The van der Waals surface area contributed by atoms with Gasteiger partial charge >= 0.3 is 0 Å². The van der Waals surface area contributed by atoms with Crippen LogP contribution in [-0.2, 0) is 11.3 Å². The molecule has 0 saturated heterocycles. The van der Waals surface area contributed by atoms with Gasteiger partial charge in [-0.05, 0) is 65.2 Å². The van der Waals surface area contributed by atoms with Crippen molar-refractivity contribution in [3.05, 3.63) is 97.2 Å². The van der Waals surface area contributed by atoms with Crippen molar-refractivity contribution >= 4 is 28.2 Å². The molecule has 0 aliphatic heterocycles. The van der Waals surface area contributed by atoms with Gasteiger partial charge in [-0.15, -0.1) is 0 Å². The lowest BCUT2D eigenvalue weighted by Crippen LogP contribution is -2.06. The number of carbonyl (C=O) groups excluding carboxylic acids is 1. The van der Waals surface area contributed by atoms with Crippen molar-refractivity contribution in [2.45, 2.75) is 6.54 Å². The maximum absolute atomic E-state index is 11.6. The van der Waals surface area contributed by atoms with Crippen LogP contribution in [0.5, 0.6) is 5.75 Å². The van der Waals surface area contributed by atoms with Crippen molar-refractivity contribution in [1.29, 1.82) is 0 Å². The van der Waals surface area contributed by atoms with E-state index in [1.807, 2.05) is 60.7 Å². The van der Waals surface area contributed by atoms with E-state index < -0.39 is 0 Å². The fraction of sp³-hybridized carbons (Fsp3) is 0.0769. The maximum Gasteiger partial charge on any atom is 0.247 e. The van der Waals surface area contributed by atoms with Gasteiger partial charge in [0, 0.05) is 29.5 Å². The number of carbonyl (C=O) groups is 1. The number of hydrogen-bond donors (Lipinski definition) is 2. The monoisotopic (exact) mass is 409 g/mol. The number of fused-ring (bicyclic) bond motifs is 1. The van der Waals surface area contributed by atoms with E-state index in [1.165, 1.54) is 6.08 Å². The molecular weight excluding hydrogens is 386 g/mol. The van der Waals surface area contributed by atoms with Crippen LogP contribution in [-0.4, -0.2) is 18.0 Å². The predicted molar refractivity (Wildman–Crippen MR) is 126 cm³/mol. The Morgan fingerprint density at radius 1 is 1.03 bits per heavy atom. The molecule has 1 aromatic heterocycles. The summed E-state index contributed by atoms with van der Waals surface area (Å²) in [7, 11) is 1.67. The zero-order valence-corrected chi connectivity index (χ0v) is 17.3. The fourth-order valence-corrected chi connectivity index (χ4v) is 3.43. The molecule has 0 atom stereocenters. The van der Waals surface area contributed by atoms with Gasteiger partial charge in [0.15, 0.2) is 0 Å². The molecule has 1 heterocycles. The molecular formula is C26H23N3O2. The van der Waals surface area contributed by atoms with Gasteiger partial charge in [-0.3, -0.25) is 9.78 Å². The lowest BCUT2D eigenvalue weighted by atomic mass is 10.0. The lowest BCUT2D eigenvalue weighted by molar-refractivity contribution is -0.111. The third-order valence-corrected chi connectivity index (χ3v) is 5.01. The number of rotatable bonds is 7. The normalized spacial score (nSPS) is 10.5. The summed E-state index contributed by atoms with van der Waals surface area (Å²) in [5.74, 6) is 0.605. The van der Waals surface area contributed by atoms with Crippen LogP contribution in [0.3, 0.4) is 0 Å². The second kappa shape index (κ2) is 9.13. The number of hydrogen-bond acceptors (Lipinski definition) is 4. The number of ether oxygens (including phenoxy) is 1. The number of amides is 1. The molecule has 4 rings (SSSR count). The Morgan fingerprint density at radius 3 is 2.71 bits per heavy atom. The van der Waals surface area contributed by atoms with Gasteiger partial charge in [0.05, 0.1) is 12.6 Å². The number of anilines is 2. The third-order valence-electron chi connectivity index (χ3n) is 5.01. The van der Waals surface area contributed by atoms with Gasteiger partial charge in [-0.1, -0.05) is 36.9 Å². The molecule has 5 heteroatoms. The van der Waals surface area contributed by atoms with Gasteiger partial charge in [0.25, 0.3) is 0 Å². The zero-order chi connectivity index (χ0) is 21.6. The van der Waals surface area contributed by atoms with Crippen LogP contribution < -0.4 is 15.4 Å². The van der Waals surface area contributed by atoms with Crippen molar-refractivity contribution in [3.8, 4) is 16.9 Å². The molecule has 2 N–H and O–H groups in total. The van der Waals surface area contributed by atoms with Gasteiger partial charge in [-0.2, -0.15) is 0 Å². The maximum atomic E-state index is 11.6. The zero-order valence-electron chi connectivity index (χ0n) is 17.3. The Bertz CT molecular complexity index is 1250. The van der Waals surface area contributed by atoms with E-state index >= 15 is 0 Å². The number of aromatic nitrogens is 1. The summed E-state index contributed by atoms with van der Waals surface area (Å²) in [6.45, 7) is 4.17. The van der Waals surface area contributed by atoms with Gasteiger partial charge in [0.1, 0.15) is 5.75 Å². The van der Waals surface area contributed by atoms with Crippen LogP contribution in [0, 0.1) is 0 Å². The largest absolute Gasteiger partial charge is 0.497 e. The smallest absolute Gasteiger partial charge is 0.247 e. The highest BCUT2D eigenvalue weighted by molar-refractivity contribution is 5.99. The number of benzene rings is 3. The molecule has 0 fully saturated rings. The summed E-state index contributed by atoms with van der Waals surface area (Å²) in [6, 6.07) is 23.9. The highest BCUT2D eigenvalue weighted by Gasteiger charge is 2.07. The quantitative estimate of drug-likeness (QED) is 0.387. The van der Waals surface area contributed by atoms with E-state index in [2.05, 4.69) is 34.3 Å². The summed E-state index contributed by atoms with van der Waals surface area (Å²) < 4.78 is 5.31. The number of nitrogens with zero attached hydrogens (tertiary/aromatic N) is 1. The third kappa shape index (κ3) is 4.73. The second-order valence-corrected chi connectivity index (χ2v) is 7.07. The Balaban J connectivity index is 1.63. The van der Waals surface area contributed by atoms with Crippen molar-refractivity contribution in [1.82, 2.24) is 4.98 Å².